The highest BCUT2D eigenvalue weighted by Crippen LogP contribution is 2.13. The van der Waals surface area contributed by atoms with Gasteiger partial charge in [0.05, 0.1) is 12.1 Å². The molecule has 4 N–H and O–H groups in total. The van der Waals surface area contributed by atoms with Crippen molar-refractivity contribution in [1.82, 2.24) is 15.5 Å². The van der Waals surface area contributed by atoms with E-state index in [1.54, 1.807) is 12.1 Å². The molecule has 1 aliphatic rings. The van der Waals surface area contributed by atoms with Gasteiger partial charge in [-0.2, -0.15) is 0 Å². The Hall–Kier alpha value is -1.73. The van der Waals surface area contributed by atoms with Crippen LogP contribution in [0.15, 0.2) is 12.1 Å². The van der Waals surface area contributed by atoms with Crippen molar-refractivity contribution in [2.75, 3.05) is 12.0 Å². The summed E-state index contributed by atoms with van der Waals surface area (Å²) in [6.45, 7) is 2.61. The number of nitrogens with two attached hydrogens (primary N) is 1. The summed E-state index contributed by atoms with van der Waals surface area (Å²) >= 11 is 0. The number of nitrogen functional groups attached to an aromatic ring is 1. The molecule has 1 amide bonds. The summed E-state index contributed by atoms with van der Waals surface area (Å²) in [5.74, 6) is 5.33. The van der Waals surface area contributed by atoms with E-state index in [4.69, 9.17) is 10.6 Å². The van der Waals surface area contributed by atoms with Gasteiger partial charge in [0.15, 0.2) is 11.5 Å². The molecule has 1 aromatic heterocycles. The molecule has 2 rings (SSSR count). The van der Waals surface area contributed by atoms with E-state index in [9.17, 15) is 4.79 Å². The summed E-state index contributed by atoms with van der Waals surface area (Å²) in [5.41, 5.74) is 2.61. The van der Waals surface area contributed by atoms with E-state index in [1.807, 2.05) is 6.92 Å². The maximum Gasteiger partial charge on any atom is 0.272 e. The average molecular weight is 237 g/mol. The highest BCUT2D eigenvalue weighted by atomic mass is 16.5. The smallest absolute Gasteiger partial charge is 0.272 e. The monoisotopic (exact) mass is 237 g/mol. The molecule has 0 spiro atoms. The van der Waals surface area contributed by atoms with E-state index >= 15 is 0 Å². The molecule has 92 valence electrons. The molecule has 0 bridgehead atoms. The molecule has 1 aliphatic heterocycles. The lowest BCUT2D eigenvalue weighted by atomic mass is 10.1. The molecule has 0 aliphatic carbocycles. The Morgan fingerprint density at radius 2 is 2.35 bits per heavy atom. The van der Waals surface area contributed by atoms with Crippen molar-refractivity contribution < 1.29 is 9.53 Å². The fourth-order valence-electron chi connectivity index (χ4n) is 1.69. The minimum Gasteiger partial charge on any atom is -0.376 e. The van der Waals surface area contributed by atoms with Crippen LogP contribution in [0.3, 0.4) is 0 Å². The van der Waals surface area contributed by atoms with Crippen molar-refractivity contribution in [2.24, 2.45) is 5.84 Å². The molecule has 17 heavy (non-hydrogen) atoms. The van der Waals surface area contributed by atoms with Gasteiger partial charge in [0, 0.05) is 6.61 Å². The third-order valence-corrected chi connectivity index (χ3v) is 2.74. The second-order valence-electron chi connectivity index (χ2n) is 3.89. The normalized spacial score (nSPS) is 23.4. The minimum absolute atomic E-state index is 0.0385. The Bertz CT molecular complexity index is 394. The number of nitrogens with zero attached hydrogens (tertiary/aromatic N) is 2. The van der Waals surface area contributed by atoms with Crippen LogP contribution < -0.4 is 16.6 Å². The SMILES string of the molecule is CC1OCCC1NC(=O)c1ccc(NN)nn1. The van der Waals surface area contributed by atoms with E-state index in [0.717, 1.165) is 6.42 Å². The van der Waals surface area contributed by atoms with Gasteiger partial charge in [-0.3, -0.25) is 4.79 Å². The van der Waals surface area contributed by atoms with E-state index < -0.39 is 0 Å². The Morgan fingerprint density at radius 3 is 2.88 bits per heavy atom. The van der Waals surface area contributed by atoms with Gasteiger partial charge in [0.2, 0.25) is 0 Å². The number of carbonyl (C=O) groups is 1. The first-order valence-electron chi connectivity index (χ1n) is 5.43. The van der Waals surface area contributed by atoms with Crippen LogP contribution in [0.5, 0.6) is 0 Å². The van der Waals surface area contributed by atoms with Gasteiger partial charge in [-0.1, -0.05) is 0 Å². The Labute approximate surface area is 98.7 Å². The number of rotatable bonds is 3. The van der Waals surface area contributed by atoms with Gasteiger partial charge >= 0.3 is 0 Å². The number of anilines is 1. The average Bonchev–Trinajstić information content (AvgIpc) is 2.75. The molecule has 2 heterocycles. The molecule has 1 aromatic rings. The maximum atomic E-state index is 11.8. The summed E-state index contributed by atoms with van der Waals surface area (Å²) in [5, 5.41) is 10.4. The van der Waals surface area contributed by atoms with Gasteiger partial charge in [-0.25, -0.2) is 5.84 Å². The lowest BCUT2D eigenvalue weighted by Gasteiger charge is -2.15. The molecule has 2 atom stereocenters. The largest absolute Gasteiger partial charge is 0.376 e. The molecule has 0 saturated carbocycles. The maximum absolute atomic E-state index is 11.8. The highest BCUT2D eigenvalue weighted by Gasteiger charge is 2.26. The zero-order chi connectivity index (χ0) is 12.3. The molecular formula is C10H15N5O2. The molecule has 0 aromatic carbocycles. The predicted octanol–water partition coefficient (Wildman–Crippen LogP) is -0.331. The highest BCUT2D eigenvalue weighted by molar-refractivity contribution is 5.92. The summed E-state index contributed by atoms with van der Waals surface area (Å²) in [6, 6.07) is 3.20. The van der Waals surface area contributed by atoms with Crippen LogP contribution in [0.4, 0.5) is 5.82 Å². The van der Waals surface area contributed by atoms with Crippen molar-refractivity contribution in [3.8, 4) is 0 Å². The predicted molar refractivity (Wildman–Crippen MR) is 61.1 cm³/mol. The summed E-state index contributed by atoms with van der Waals surface area (Å²) in [7, 11) is 0. The first-order chi connectivity index (χ1) is 8.20. The number of carbonyl (C=O) groups excluding carboxylic acids is 1. The molecule has 1 saturated heterocycles. The van der Waals surface area contributed by atoms with Gasteiger partial charge in [-0.15, -0.1) is 10.2 Å². The Balaban J connectivity index is 1.99. The van der Waals surface area contributed by atoms with E-state index in [2.05, 4.69) is 20.9 Å². The van der Waals surface area contributed by atoms with Crippen LogP contribution in [0.1, 0.15) is 23.8 Å². The Morgan fingerprint density at radius 1 is 1.53 bits per heavy atom. The van der Waals surface area contributed by atoms with E-state index in [-0.39, 0.29) is 23.7 Å². The second kappa shape index (κ2) is 5.07. The van der Waals surface area contributed by atoms with Crippen LogP contribution in [0.2, 0.25) is 0 Å². The number of hydrazine groups is 1. The Kier molecular flexibility index (Phi) is 3.50. The first-order valence-corrected chi connectivity index (χ1v) is 5.43. The van der Waals surface area contributed by atoms with Crippen LogP contribution >= 0.6 is 0 Å². The van der Waals surface area contributed by atoms with Crippen molar-refractivity contribution in [2.45, 2.75) is 25.5 Å². The van der Waals surface area contributed by atoms with Crippen LogP contribution in [-0.4, -0.2) is 34.9 Å². The summed E-state index contributed by atoms with van der Waals surface area (Å²) in [4.78, 5) is 11.8. The van der Waals surface area contributed by atoms with Crippen LogP contribution in [-0.2, 0) is 4.74 Å². The molecular weight excluding hydrogens is 222 g/mol. The second-order valence-corrected chi connectivity index (χ2v) is 3.89. The lowest BCUT2D eigenvalue weighted by molar-refractivity contribution is 0.0861. The third-order valence-electron chi connectivity index (χ3n) is 2.74. The third kappa shape index (κ3) is 2.69. The summed E-state index contributed by atoms with van der Waals surface area (Å²) < 4.78 is 5.36. The molecule has 2 unspecified atom stereocenters. The minimum atomic E-state index is -0.247. The number of aromatic nitrogens is 2. The van der Waals surface area contributed by atoms with Gasteiger partial charge < -0.3 is 15.5 Å². The van der Waals surface area contributed by atoms with Crippen LogP contribution in [0, 0.1) is 0 Å². The standard InChI is InChI=1S/C10H15N5O2/c1-6-7(4-5-17-6)12-10(16)8-2-3-9(13-11)15-14-8/h2-3,6-7H,4-5,11H2,1H3,(H,12,16)(H,13,15). The number of ether oxygens (including phenoxy) is 1. The van der Waals surface area contributed by atoms with Crippen molar-refractivity contribution in [1.29, 1.82) is 0 Å². The van der Waals surface area contributed by atoms with Crippen molar-refractivity contribution in [3.05, 3.63) is 17.8 Å². The fourth-order valence-corrected chi connectivity index (χ4v) is 1.69. The zero-order valence-corrected chi connectivity index (χ0v) is 9.51. The van der Waals surface area contributed by atoms with E-state index in [1.165, 1.54) is 0 Å². The lowest BCUT2D eigenvalue weighted by Crippen LogP contribution is -2.39. The topological polar surface area (TPSA) is 102 Å². The molecule has 1 fully saturated rings. The van der Waals surface area contributed by atoms with Gasteiger partial charge in [-0.05, 0) is 25.5 Å². The fraction of sp³-hybridized carbons (Fsp3) is 0.500. The summed E-state index contributed by atoms with van der Waals surface area (Å²) in [6.07, 6.45) is 0.861. The van der Waals surface area contributed by atoms with E-state index in [0.29, 0.717) is 12.4 Å². The molecule has 7 heteroatoms. The quantitative estimate of drug-likeness (QED) is 0.491. The number of nitrogens with one attached hydrogen (secondary N) is 2. The molecule has 7 nitrogen and oxygen atoms in total. The molecule has 0 radical (unpaired) electrons. The number of hydrogen-bond donors (Lipinski definition) is 3. The first kappa shape index (κ1) is 11.7. The van der Waals surface area contributed by atoms with Crippen LogP contribution in [0.25, 0.3) is 0 Å². The number of amides is 1. The number of hydrogen-bond acceptors (Lipinski definition) is 6. The van der Waals surface area contributed by atoms with Gasteiger partial charge in [0.25, 0.3) is 5.91 Å². The van der Waals surface area contributed by atoms with Gasteiger partial charge in [0.1, 0.15) is 0 Å². The van der Waals surface area contributed by atoms with Crippen molar-refractivity contribution >= 4 is 11.7 Å². The van der Waals surface area contributed by atoms with Crippen molar-refractivity contribution in [3.63, 3.8) is 0 Å². The zero-order valence-electron chi connectivity index (χ0n) is 9.51.